The Morgan fingerprint density at radius 2 is 0.816 bits per heavy atom. The highest BCUT2D eigenvalue weighted by molar-refractivity contribution is 7.87. The van der Waals surface area contributed by atoms with Gasteiger partial charge in [-0.2, -0.15) is 0 Å². The van der Waals surface area contributed by atoms with Crippen LogP contribution in [0.1, 0.15) is 253 Å². The number of hydrogen-bond donors (Lipinski definition) is 1. The second-order valence-electron chi connectivity index (χ2n) is 33.8. The average molecular weight is 1750 g/mol. The summed E-state index contributed by atoms with van der Waals surface area (Å²) in [6.07, 6.45) is 14.8. The van der Waals surface area contributed by atoms with Crippen LogP contribution in [-0.4, -0.2) is 195 Å². The molecule has 16 rings (SSSR count). The normalized spacial score (nSPS) is 19.4. The molecule has 13 heterocycles. The third-order valence-electron chi connectivity index (χ3n) is 25.3. The van der Waals surface area contributed by atoms with Crippen molar-refractivity contribution in [3.8, 4) is 0 Å². The predicted octanol–water partition coefficient (Wildman–Crippen LogP) is 11.6. The number of aliphatic carboxylic acids is 1. The number of halogens is 3. The molecule has 32 nitrogen and oxygen atoms in total. The number of fused-ring (bicyclic) bond motifs is 6. The number of likely N-dealkylation sites (tertiary alicyclic amines) is 3. The molecule has 36 heteroatoms. The van der Waals surface area contributed by atoms with E-state index in [2.05, 4.69) is 30.2 Å². The van der Waals surface area contributed by atoms with Crippen molar-refractivity contribution in [2.24, 2.45) is 0 Å². The Kier molecular flexibility index (Phi) is 30.3. The molecule has 4 fully saturated rings. The number of rotatable bonds is 32. The van der Waals surface area contributed by atoms with Gasteiger partial charge in [-0.25, -0.2) is 41.3 Å². The predicted molar refractivity (Wildman–Crippen MR) is 448 cm³/mol. The molecule has 0 spiro atoms. The molecule has 2 amide bonds. The van der Waals surface area contributed by atoms with Crippen LogP contribution in [0.2, 0.25) is 0 Å². The van der Waals surface area contributed by atoms with E-state index in [0.717, 1.165) is 204 Å². The van der Waals surface area contributed by atoms with Crippen LogP contribution in [0.3, 0.4) is 0 Å². The molecule has 4 saturated heterocycles. The van der Waals surface area contributed by atoms with Crippen molar-refractivity contribution in [2.45, 2.75) is 249 Å². The number of nitrogens with zero attached hydrogens (tertiary/aromatic N) is 13. The number of Topliss-reactive ketones (excluding diaryl/α,β-unsaturated/α-hetero) is 1. The smallest absolute Gasteiger partial charge is 0.333 e. The Bertz CT molecular complexity index is 5480. The minimum absolute atomic E-state index is 0.0304. The van der Waals surface area contributed by atoms with E-state index in [1.165, 1.54) is 36.4 Å². The number of ketones is 1. The maximum atomic E-state index is 13.6. The molecule has 6 aromatic heterocycles. The van der Waals surface area contributed by atoms with Crippen molar-refractivity contribution in [2.75, 3.05) is 78.7 Å². The Morgan fingerprint density at radius 1 is 0.480 bits per heavy atom. The van der Waals surface area contributed by atoms with Crippen LogP contribution >= 0.6 is 0 Å². The summed E-state index contributed by atoms with van der Waals surface area (Å²) in [6.45, 7) is 18.1. The number of aryl methyl sites for hydroxylation is 3. The van der Waals surface area contributed by atoms with Crippen molar-refractivity contribution >= 4 is 72.6 Å². The van der Waals surface area contributed by atoms with Crippen LogP contribution in [0, 0.1) is 38.2 Å². The van der Waals surface area contributed by atoms with E-state index in [1.807, 2.05) is 25.3 Å². The molecule has 125 heavy (non-hydrogen) atoms. The van der Waals surface area contributed by atoms with Crippen LogP contribution < -0.4 is 16.7 Å². The van der Waals surface area contributed by atoms with Gasteiger partial charge in [0.25, 0.3) is 28.5 Å². The fourth-order valence-corrected chi connectivity index (χ4v) is 19.0. The van der Waals surface area contributed by atoms with E-state index in [9.17, 15) is 64.5 Å². The Labute approximate surface area is 720 Å². The van der Waals surface area contributed by atoms with Gasteiger partial charge in [0.1, 0.15) is 74.4 Å². The molecule has 7 aliphatic heterocycles. The quantitative estimate of drug-likeness (QED) is 0.0232. The second-order valence-corrected chi connectivity index (χ2v) is 35.4. The number of hydrogen-bond acceptors (Lipinski definition) is 27. The molecular formula is C89H109F3N13O19S-. The maximum Gasteiger partial charge on any atom is 0.333 e. The van der Waals surface area contributed by atoms with Gasteiger partial charge in [0, 0.05) is 164 Å². The highest BCUT2D eigenvalue weighted by Gasteiger charge is 2.46. The number of hydroxylamine groups is 2. The largest absolute Gasteiger partial charge is 0.747 e. The lowest BCUT2D eigenvalue weighted by Crippen LogP contribution is -2.38. The molecule has 0 radical (unpaired) electrons. The Hall–Kier alpha value is -10.1. The molecule has 4 atom stereocenters. The summed E-state index contributed by atoms with van der Waals surface area (Å²) in [5.41, 5.74) is 8.64. The highest BCUT2D eigenvalue weighted by atomic mass is 32.2. The number of ether oxygens (including phenoxy) is 3. The summed E-state index contributed by atoms with van der Waals surface area (Å²) in [4.78, 5) is 125. The van der Waals surface area contributed by atoms with E-state index >= 15 is 0 Å². The summed E-state index contributed by atoms with van der Waals surface area (Å²) in [7, 11) is -5.05. The number of aromatic nitrogens is 9. The summed E-state index contributed by atoms with van der Waals surface area (Å²) >= 11 is 0. The summed E-state index contributed by atoms with van der Waals surface area (Å²) in [5, 5.41) is 22.1. The molecule has 4 unspecified atom stereocenters. The van der Waals surface area contributed by atoms with Gasteiger partial charge < -0.3 is 61.8 Å². The molecule has 0 aliphatic carbocycles. The summed E-state index contributed by atoms with van der Waals surface area (Å²) in [6, 6.07) is 13.7. The van der Waals surface area contributed by atoms with Crippen molar-refractivity contribution < 1.29 is 87.8 Å². The van der Waals surface area contributed by atoms with Crippen molar-refractivity contribution in [1.29, 1.82) is 0 Å². The lowest BCUT2D eigenvalue weighted by molar-refractivity contribution is -0.197. The van der Waals surface area contributed by atoms with Gasteiger partial charge >= 0.3 is 11.9 Å². The van der Waals surface area contributed by atoms with Gasteiger partial charge in [-0.3, -0.25) is 42.5 Å². The Morgan fingerprint density at radius 3 is 1.14 bits per heavy atom. The number of carboxylic acid groups (broad SMARTS) is 1. The number of imide groups is 1. The number of carbonyl (C=O) groups is 5. The minimum Gasteiger partial charge on any atom is -0.747 e. The topological polar surface area (TPSA) is 395 Å². The van der Waals surface area contributed by atoms with Gasteiger partial charge in [-0.05, 0) is 238 Å². The molecule has 0 saturated carbocycles. The third kappa shape index (κ3) is 22.3. The van der Waals surface area contributed by atoms with Crippen molar-refractivity contribution in [3.05, 3.63) is 171 Å². The molecule has 9 aromatic rings. The number of benzene rings is 3. The molecule has 1 N–H and O–H groups in total. The van der Waals surface area contributed by atoms with E-state index in [-0.39, 0.29) is 101 Å². The molecule has 7 aliphatic rings. The van der Waals surface area contributed by atoms with Gasteiger partial charge in [-0.15, -0.1) is 5.06 Å². The molecule has 672 valence electrons. The minimum atomic E-state index is -5.05. The van der Waals surface area contributed by atoms with E-state index in [1.54, 1.807) is 34.3 Å². The summed E-state index contributed by atoms with van der Waals surface area (Å²) < 4.78 is 113. The second kappa shape index (κ2) is 41.6. The highest BCUT2D eigenvalue weighted by Crippen LogP contribution is 2.38. The van der Waals surface area contributed by atoms with Crippen LogP contribution in [0.4, 0.5) is 13.2 Å². The lowest BCUT2D eigenvalue weighted by Gasteiger charge is -2.31. The van der Waals surface area contributed by atoms with Gasteiger partial charge in [-0.1, -0.05) is 15.5 Å². The molecule has 3 aromatic carbocycles. The van der Waals surface area contributed by atoms with Crippen LogP contribution in [0.25, 0.3) is 32.9 Å². The zero-order chi connectivity index (χ0) is 88.2. The number of carbonyl (C=O) groups excluding carboxylic acids is 4. The lowest BCUT2D eigenvalue weighted by atomic mass is 9.91. The number of unbranched alkanes of at least 4 members (excludes halogenated alkanes) is 3. The van der Waals surface area contributed by atoms with Gasteiger partial charge in [0.15, 0.2) is 16.7 Å². The molecular weight excluding hydrogens is 1640 g/mol. The maximum absolute atomic E-state index is 13.6. The van der Waals surface area contributed by atoms with Crippen LogP contribution in [-0.2, 0) is 92.0 Å². The van der Waals surface area contributed by atoms with Gasteiger partial charge in [0.2, 0.25) is 0 Å². The average Bonchev–Trinajstić information content (AvgIpc) is 1.78. The van der Waals surface area contributed by atoms with E-state index < -0.39 is 51.6 Å². The zero-order valence-corrected chi connectivity index (χ0v) is 72.0. The van der Waals surface area contributed by atoms with Gasteiger partial charge in [0.05, 0.1) is 23.5 Å². The summed E-state index contributed by atoms with van der Waals surface area (Å²) in [5.74, 6) is -2.15. The Balaban J connectivity index is 0.000000154. The number of amides is 2. The fourth-order valence-electron chi connectivity index (χ4n) is 18.3. The van der Waals surface area contributed by atoms with E-state index in [0.29, 0.717) is 124 Å². The first-order chi connectivity index (χ1) is 60.2. The zero-order valence-electron chi connectivity index (χ0n) is 71.2. The van der Waals surface area contributed by atoms with Crippen molar-refractivity contribution in [3.63, 3.8) is 0 Å². The SMILES string of the molecule is CC(=O)CCCCOC1CCCn2c1nc(C)c(CCN1CCC(c3noc4cc(F)ccc34)CC1)c2=O.Cc1nc2n(c(=O)c1CCN1CCC(c3noc4cc(F)ccc34)CC1)CCCC2OCCCCC(=O)O.Cc1nc2n(c(=O)c1CCN1CCC(c3noc4cc(F)ccc34)CC1)CCCC2OCCCCC(=O)ON1C(=O)CC(S(=O)(=O)[O-])C1=O. The first-order valence-corrected chi connectivity index (χ1v) is 45.4. The first-order valence-electron chi connectivity index (χ1n) is 43.9. The number of carboxylic acids is 1. The number of piperidine rings is 3. The first kappa shape index (κ1) is 91.1. The van der Waals surface area contributed by atoms with Crippen LogP contribution in [0.5, 0.6) is 0 Å². The standard InChI is InChI=1S/C32H38FN5O10S.C29H37FN4O4.C28H35FN4O5/c1-19-22(11-15-36-13-9-20(10-14-36)29-23-8-7-21(33)17-25(23)47-35-29)31(41)37-12-4-5-24(30(37)34-19)46-16-3-2-6-28(40)48-38-27(39)18-26(32(38)42)49(43,44)45;1-19(35)6-3-4-17-37-25-7-5-13-34-28(25)31-20(2)23(29(34)36)12-16-33-14-10-21(11-15-33)27-24-9-8-22(30)18-26(24)38-32-27;1-18-21(28(36)33-12-4-5-23(27(33)30-18)37-16-3-2-6-25(34)35)11-15-32-13-9-19(10-14-32)26-22-8-7-20(29)17-24(22)38-31-26/h7-8,17,20,24,26H,2-6,9-16,18H2,1H3,(H,43,44,45);8-9,18,21,25H,3-7,10-17H2,1-2H3;7-8,17,19,23H,2-6,9-16H2,1H3,(H,34,35)/p-1. The molecule has 0 bridgehead atoms. The monoisotopic (exact) mass is 1750 g/mol. The van der Waals surface area contributed by atoms with E-state index in [4.69, 9.17) is 52.7 Å². The van der Waals surface area contributed by atoms with Crippen LogP contribution in [0.15, 0.2) is 82.6 Å². The van der Waals surface area contributed by atoms with Crippen molar-refractivity contribution in [1.82, 2.24) is 63.9 Å². The third-order valence-corrected chi connectivity index (χ3v) is 26.4. The fraction of sp³-hybridized carbons (Fsp3) is 0.573.